The van der Waals surface area contributed by atoms with Crippen molar-refractivity contribution in [2.75, 3.05) is 0 Å². The van der Waals surface area contributed by atoms with E-state index in [0.717, 1.165) is 16.7 Å². The number of aryl methyl sites for hydroxylation is 2. The molecule has 1 aliphatic rings. The van der Waals surface area contributed by atoms with Crippen LogP contribution < -0.4 is 5.32 Å². The highest BCUT2D eigenvalue weighted by Crippen LogP contribution is 2.30. The van der Waals surface area contributed by atoms with Gasteiger partial charge in [0.05, 0.1) is 12.8 Å². The molecule has 1 saturated heterocycles. The van der Waals surface area contributed by atoms with Gasteiger partial charge in [0.15, 0.2) is 5.54 Å². The van der Waals surface area contributed by atoms with Crippen LogP contribution in [-0.2, 0) is 16.9 Å². The molecule has 3 amide bonds. The van der Waals surface area contributed by atoms with Crippen molar-refractivity contribution < 1.29 is 14.0 Å². The predicted molar refractivity (Wildman–Crippen MR) is 81.1 cm³/mol. The minimum Gasteiger partial charge on any atom is -0.466 e. The fourth-order valence-electron chi connectivity index (χ4n) is 2.71. The summed E-state index contributed by atoms with van der Waals surface area (Å²) < 4.78 is 5.32. The highest BCUT2D eigenvalue weighted by atomic mass is 16.3. The van der Waals surface area contributed by atoms with Crippen molar-refractivity contribution in [1.82, 2.24) is 10.2 Å². The van der Waals surface area contributed by atoms with Gasteiger partial charge in [-0.3, -0.25) is 9.69 Å². The van der Waals surface area contributed by atoms with Crippen molar-refractivity contribution in [3.05, 3.63) is 59.0 Å². The van der Waals surface area contributed by atoms with E-state index >= 15 is 0 Å². The molecule has 0 unspecified atom stereocenters. The number of rotatable bonds is 3. The smallest absolute Gasteiger partial charge is 0.325 e. The van der Waals surface area contributed by atoms with Gasteiger partial charge in [0.2, 0.25) is 0 Å². The van der Waals surface area contributed by atoms with E-state index in [1.807, 2.05) is 32.0 Å². The summed E-state index contributed by atoms with van der Waals surface area (Å²) in [6.45, 7) is 5.88. The summed E-state index contributed by atoms with van der Waals surface area (Å²) in [6.07, 6.45) is 1.49. The van der Waals surface area contributed by atoms with E-state index in [0.29, 0.717) is 5.76 Å². The molecule has 2 heterocycles. The standard InChI is InChI=1S/C17H18N2O3/c1-11-6-7-12(2)13(9-11)10-19-15(20)17(3,18-16(19)21)14-5-4-8-22-14/h4-9H,10H2,1-3H3,(H,18,21)/t17-/m0/s1. The molecule has 3 rings (SSSR count). The van der Waals surface area contributed by atoms with Gasteiger partial charge in [-0.2, -0.15) is 0 Å². The van der Waals surface area contributed by atoms with Gasteiger partial charge < -0.3 is 9.73 Å². The molecule has 0 saturated carbocycles. The lowest BCUT2D eigenvalue weighted by Gasteiger charge is -2.19. The maximum Gasteiger partial charge on any atom is 0.325 e. The van der Waals surface area contributed by atoms with Crippen LogP contribution in [0, 0.1) is 13.8 Å². The van der Waals surface area contributed by atoms with Crippen molar-refractivity contribution in [2.45, 2.75) is 32.9 Å². The van der Waals surface area contributed by atoms with Crippen LogP contribution in [0.3, 0.4) is 0 Å². The lowest BCUT2D eigenvalue weighted by molar-refractivity contribution is -0.132. The van der Waals surface area contributed by atoms with Gasteiger partial charge in [-0.25, -0.2) is 4.79 Å². The molecule has 1 fully saturated rings. The van der Waals surface area contributed by atoms with Gasteiger partial charge in [0.25, 0.3) is 5.91 Å². The van der Waals surface area contributed by atoms with Crippen molar-refractivity contribution in [3.63, 3.8) is 0 Å². The number of carbonyl (C=O) groups excluding carboxylic acids is 2. The van der Waals surface area contributed by atoms with Crippen molar-refractivity contribution in [1.29, 1.82) is 0 Å². The molecule has 0 aliphatic carbocycles. The maximum atomic E-state index is 12.7. The minimum absolute atomic E-state index is 0.258. The van der Waals surface area contributed by atoms with Crippen LogP contribution in [0.2, 0.25) is 0 Å². The SMILES string of the molecule is Cc1ccc(C)c(CN2C(=O)N[C@@](C)(c3ccco3)C2=O)c1. The Morgan fingerprint density at radius 2 is 2.00 bits per heavy atom. The van der Waals surface area contributed by atoms with Gasteiger partial charge in [-0.15, -0.1) is 0 Å². The fourth-order valence-corrected chi connectivity index (χ4v) is 2.71. The normalized spacial score (nSPS) is 21.3. The molecule has 1 aliphatic heterocycles. The Kier molecular flexibility index (Phi) is 3.28. The minimum atomic E-state index is -1.14. The molecule has 2 aromatic rings. The summed E-state index contributed by atoms with van der Waals surface area (Å²) in [5, 5.41) is 2.73. The van der Waals surface area contributed by atoms with Gasteiger partial charge in [0.1, 0.15) is 5.76 Å². The van der Waals surface area contributed by atoms with Crippen LogP contribution in [0.15, 0.2) is 41.0 Å². The lowest BCUT2D eigenvalue weighted by atomic mass is 9.99. The second-order valence-electron chi connectivity index (χ2n) is 5.85. The van der Waals surface area contributed by atoms with E-state index < -0.39 is 11.6 Å². The predicted octanol–water partition coefficient (Wildman–Crippen LogP) is 2.86. The monoisotopic (exact) mass is 298 g/mol. The number of amides is 3. The second kappa shape index (κ2) is 5.02. The van der Waals surface area contributed by atoms with Crippen LogP contribution in [0.4, 0.5) is 4.79 Å². The van der Waals surface area contributed by atoms with E-state index in [2.05, 4.69) is 5.32 Å². The lowest BCUT2D eigenvalue weighted by Crippen LogP contribution is -2.40. The molecule has 0 spiro atoms. The van der Waals surface area contributed by atoms with Crippen LogP contribution in [0.25, 0.3) is 0 Å². The zero-order valence-corrected chi connectivity index (χ0v) is 12.8. The van der Waals surface area contributed by atoms with E-state index in [1.54, 1.807) is 19.1 Å². The Hall–Kier alpha value is -2.56. The first-order chi connectivity index (χ1) is 10.4. The quantitative estimate of drug-likeness (QED) is 0.886. The fraction of sp³-hybridized carbons (Fsp3) is 0.294. The van der Waals surface area contributed by atoms with Gasteiger partial charge >= 0.3 is 6.03 Å². The highest BCUT2D eigenvalue weighted by Gasteiger charge is 2.50. The van der Waals surface area contributed by atoms with Crippen LogP contribution in [-0.4, -0.2) is 16.8 Å². The third-order valence-corrected chi connectivity index (χ3v) is 4.12. The molecule has 22 heavy (non-hydrogen) atoms. The third kappa shape index (κ3) is 2.19. The van der Waals surface area contributed by atoms with E-state index in [9.17, 15) is 9.59 Å². The molecule has 1 atom stereocenters. The summed E-state index contributed by atoms with van der Waals surface area (Å²) in [4.78, 5) is 26.2. The Morgan fingerprint density at radius 3 is 2.68 bits per heavy atom. The summed E-state index contributed by atoms with van der Waals surface area (Å²) in [5.74, 6) is 0.141. The number of hydrogen-bond donors (Lipinski definition) is 1. The van der Waals surface area contributed by atoms with Crippen molar-refractivity contribution in [2.24, 2.45) is 0 Å². The van der Waals surface area contributed by atoms with Crippen molar-refractivity contribution in [3.8, 4) is 0 Å². The van der Waals surface area contributed by atoms with E-state index in [4.69, 9.17) is 4.42 Å². The Morgan fingerprint density at radius 1 is 1.23 bits per heavy atom. The van der Waals surface area contributed by atoms with E-state index in [1.165, 1.54) is 11.2 Å². The molecule has 0 radical (unpaired) electrons. The van der Waals surface area contributed by atoms with Crippen LogP contribution in [0.1, 0.15) is 29.4 Å². The molecule has 5 heteroatoms. The number of carbonyl (C=O) groups is 2. The Bertz CT molecular complexity index is 736. The number of benzene rings is 1. The Labute approximate surface area is 128 Å². The zero-order chi connectivity index (χ0) is 15.9. The number of furan rings is 1. The molecule has 5 nitrogen and oxygen atoms in total. The maximum absolute atomic E-state index is 12.7. The number of nitrogens with one attached hydrogen (secondary N) is 1. The van der Waals surface area contributed by atoms with Gasteiger partial charge in [-0.1, -0.05) is 23.8 Å². The molecule has 1 aromatic heterocycles. The summed E-state index contributed by atoms with van der Waals surface area (Å²) in [7, 11) is 0. The molecule has 0 bridgehead atoms. The van der Waals surface area contributed by atoms with Crippen LogP contribution >= 0.6 is 0 Å². The first-order valence-electron chi connectivity index (χ1n) is 7.16. The molecular weight excluding hydrogens is 280 g/mol. The zero-order valence-electron chi connectivity index (χ0n) is 12.8. The number of hydrogen-bond acceptors (Lipinski definition) is 3. The Balaban J connectivity index is 1.91. The summed E-state index contributed by atoms with van der Waals surface area (Å²) in [5.41, 5.74) is 1.98. The number of imide groups is 1. The first-order valence-corrected chi connectivity index (χ1v) is 7.16. The van der Waals surface area contributed by atoms with Gasteiger partial charge in [-0.05, 0) is 44.0 Å². The summed E-state index contributed by atoms with van der Waals surface area (Å²) in [6, 6.07) is 9.00. The molecule has 114 valence electrons. The molecule has 1 aromatic carbocycles. The van der Waals surface area contributed by atoms with Gasteiger partial charge in [0, 0.05) is 0 Å². The average molecular weight is 298 g/mol. The third-order valence-electron chi connectivity index (χ3n) is 4.12. The second-order valence-corrected chi connectivity index (χ2v) is 5.85. The largest absolute Gasteiger partial charge is 0.466 e. The van der Waals surface area contributed by atoms with Crippen LogP contribution in [0.5, 0.6) is 0 Å². The van der Waals surface area contributed by atoms with Crippen molar-refractivity contribution >= 4 is 11.9 Å². The molecular formula is C17H18N2O3. The summed E-state index contributed by atoms with van der Waals surface area (Å²) >= 11 is 0. The molecule has 1 N–H and O–H groups in total. The topological polar surface area (TPSA) is 62.6 Å². The average Bonchev–Trinajstić information content (AvgIpc) is 3.07. The first kappa shape index (κ1) is 14.4. The highest BCUT2D eigenvalue weighted by molar-refractivity contribution is 6.06. The number of nitrogens with zero attached hydrogens (tertiary/aromatic N) is 1. The van der Waals surface area contributed by atoms with E-state index in [-0.39, 0.29) is 12.5 Å². The number of urea groups is 1.